The third kappa shape index (κ3) is 4.93. The van der Waals surface area contributed by atoms with Crippen molar-refractivity contribution in [1.29, 1.82) is 0 Å². The summed E-state index contributed by atoms with van der Waals surface area (Å²) >= 11 is 0. The van der Waals surface area contributed by atoms with E-state index in [0.29, 0.717) is 12.4 Å². The third-order valence-corrected chi connectivity index (χ3v) is 3.58. The number of hydroxylamine groups is 1. The van der Waals surface area contributed by atoms with Gasteiger partial charge >= 0.3 is 6.03 Å². The van der Waals surface area contributed by atoms with E-state index in [9.17, 15) is 9.59 Å². The molecule has 128 valence electrons. The molecule has 0 radical (unpaired) electrons. The van der Waals surface area contributed by atoms with Gasteiger partial charge in [0.15, 0.2) is 6.61 Å². The molecule has 2 heterocycles. The molecule has 9 nitrogen and oxygen atoms in total. The predicted molar refractivity (Wildman–Crippen MR) is 82.8 cm³/mol. The average Bonchev–Trinajstić information content (AvgIpc) is 2.89. The molecule has 0 saturated carbocycles. The molecule has 1 fully saturated rings. The van der Waals surface area contributed by atoms with Crippen LogP contribution in [0.1, 0.15) is 24.5 Å². The van der Waals surface area contributed by atoms with Crippen LogP contribution in [-0.4, -0.2) is 60.5 Å². The number of nitrogens with one attached hydrogen (secondary N) is 2. The van der Waals surface area contributed by atoms with Crippen molar-refractivity contribution >= 4 is 17.8 Å². The van der Waals surface area contributed by atoms with Crippen LogP contribution in [0.15, 0.2) is 6.07 Å². The SMILES string of the molecule is CN(C)C(=O)CONC(=O)Nc1cc(C2CCCOC2)nn1C. The number of carbonyl (C=O) groups is 2. The summed E-state index contributed by atoms with van der Waals surface area (Å²) in [6.45, 7) is 1.22. The number of amides is 3. The number of nitrogens with zero attached hydrogens (tertiary/aromatic N) is 3. The molecule has 0 bridgehead atoms. The Morgan fingerprint density at radius 1 is 1.52 bits per heavy atom. The molecular weight excluding hydrogens is 302 g/mol. The first-order valence-corrected chi connectivity index (χ1v) is 7.48. The molecule has 1 atom stereocenters. The van der Waals surface area contributed by atoms with Crippen LogP contribution < -0.4 is 10.8 Å². The van der Waals surface area contributed by atoms with Crippen LogP contribution >= 0.6 is 0 Å². The fourth-order valence-corrected chi connectivity index (χ4v) is 2.21. The summed E-state index contributed by atoms with van der Waals surface area (Å²) in [5.41, 5.74) is 3.06. The average molecular weight is 325 g/mol. The van der Waals surface area contributed by atoms with Crippen LogP contribution in [0.25, 0.3) is 0 Å². The lowest BCUT2D eigenvalue weighted by molar-refractivity contribution is -0.135. The van der Waals surface area contributed by atoms with Crippen LogP contribution in [0.5, 0.6) is 0 Å². The zero-order valence-corrected chi connectivity index (χ0v) is 13.7. The first-order valence-electron chi connectivity index (χ1n) is 7.48. The van der Waals surface area contributed by atoms with Crippen molar-refractivity contribution in [3.05, 3.63) is 11.8 Å². The van der Waals surface area contributed by atoms with E-state index in [0.717, 1.165) is 25.1 Å². The molecule has 23 heavy (non-hydrogen) atoms. The Bertz CT molecular complexity index is 551. The highest BCUT2D eigenvalue weighted by Gasteiger charge is 2.20. The molecule has 2 N–H and O–H groups in total. The van der Waals surface area contributed by atoms with Crippen molar-refractivity contribution in [3.63, 3.8) is 0 Å². The van der Waals surface area contributed by atoms with Gasteiger partial charge in [-0.25, -0.2) is 10.3 Å². The number of rotatable bonds is 5. The fourth-order valence-electron chi connectivity index (χ4n) is 2.21. The molecule has 3 amide bonds. The van der Waals surface area contributed by atoms with Gasteiger partial charge in [0.1, 0.15) is 5.82 Å². The van der Waals surface area contributed by atoms with Gasteiger partial charge in [0.25, 0.3) is 5.91 Å². The number of hydrogen-bond donors (Lipinski definition) is 2. The van der Waals surface area contributed by atoms with Crippen molar-refractivity contribution in [2.45, 2.75) is 18.8 Å². The summed E-state index contributed by atoms with van der Waals surface area (Å²) < 4.78 is 7.05. The molecule has 2 rings (SSSR count). The molecular formula is C14H23N5O4. The number of carbonyl (C=O) groups excluding carboxylic acids is 2. The number of aryl methyl sites for hydroxylation is 1. The van der Waals surface area contributed by atoms with E-state index >= 15 is 0 Å². The lowest BCUT2D eigenvalue weighted by Crippen LogP contribution is -2.34. The van der Waals surface area contributed by atoms with Gasteiger partial charge in [-0.3, -0.25) is 19.6 Å². The zero-order valence-electron chi connectivity index (χ0n) is 13.7. The Hall–Kier alpha value is -2.13. The second kappa shape index (κ2) is 7.93. The summed E-state index contributed by atoms with van der Waals surface area (Å²) in [4.78, 5) is 29.3. The Kier molecular flexibility index (Phi) is 5.94. The summed E-state index contributed by atoms with van der Waals surface area (Å²) in [5, 5.41) is 7.04. The minimum atomic E-state index is -0.564. The molecule has 9 heteroatoms. The van der Waals surface area contributed by atoms with Gasteiger partial charge in [-0.2, -0.15) is 5.10 Å². The summed E-state index contributed by atoms with van der Waals surface area (Å²) in [7, 11) is 4.97. The number of urea groups is 1. The van der Waals surface area contributed by atoms with Crippen LogP contribution in [0.4, 0.5) is 10.6 Å². The highest BCUT2D eigenvalue weighted by atomic mass is 16.7. The first kappa shape index (κ1) is 17.2. The smallest absolute Gasteiger partial charge is 0.344 e. The number of hydrogen-bond acceptors (Lipinski definition) is 5. The Labute approximate surface area is 134 Å². The summed E-state index contributed by atoms with van der Waals surface area (Å²) in [5.74, 6) is 0.554. The Morgan fingerprint density at radius 3 is 2.96 bits per heavy atom. The number of likely N-dealkylation sites (N-methyl/N-ethyl adjacent to an activating group) is 1. The highest BCUT2D eigenvalue weighted by Crippen LogP contribution is 2.26. The van der Waals surface area contributed by atoms with Gasteiger partial charge in [0.2, 0.25) is 0 Å². The van der Waals surface area contributed by atoms with E-state index in [4.69, 9.17) is 9.57 Å². The molecule has 1 aromatic rings. The van der Waals surface area contributed by atoms with Gasteiger partial charge in [0.05, 0.1) is 12.3 Å². The minimum Gasteiger partial charge on any atom is -0.381 e. The molecule has 1 aromatic heterocycles. The second-order valence-corrected chi connectivity index (χ2v) is 5.63. The standard InChI is InChI=1S/C14H23N5O4/c1-18(2)13(20)9-23-17-14(21)15-12-7-11(16-19(12)3)10-5-4-6-22-8-10/h7,10H,4-6,8-9H2,1-3H3,(H2,15,17,21). The quantitative estimate of drug-likeness (QED) is 0.766. The van der Waals surface area contributed by atoms with Crippen LogP contribution in [0, 0.1) is 0 Å². The maximum absolute atomic E-state index is 11.8. The van der Waals surface area contributed by atoms with Gasteiger partial charge in [-0.15, -0.1) is 0 Å². The maximum atomic E-state index is 11.8. The van der Waals surface area contributed by atoms with E-state index in [1.807, 2.05) is 6.07 Å². The molecule has 1 unspecified atom stereocenters. The highest BCUT2D eigenvalue weighted by molar-refractivity contribution is 5.87. The van der Waals surface area contributed by atoms with E-state index in [1.165, 1.54) is 4.90 Å². The van der Waals surface area contributed by atoms with Crippen LogP contribution in [0.3, 0.4) is 0 Å². The normalized spacial score (nSPS) is 17.6. The number of ether oxygens (including phenoxy) is 1. The van der Waals surface area contributed by atoms with E-state index in [2.05, 4.69) is 15.9 Å². The van der Waals surface area contributed by atoms with Crippen molar-refractivity contribution in [2.75, 3.05) is 39.2 Å². The van der Waals surface area contributed by atoms with E-state index in [-0.39, 0.29) is 18.4 Å². The fraction of sp³-hybridized carbons (Fsp3) is 0.643. The zero-order chi connectivity index (χ0) is 16.8. The topological polar surface area (TPSA) is 97.7 Å². The van der Waals surface area contributed by atoms with Gasteiger partial charge in [-0.1, -0.05) is 0 Å². The van der Waals surface area contributed by atoms with Gasteiger partial charge in [-0.05, 0) is 12.8 Å². The van der Waals surface area contributed by atoms with E-state index < -0.39 is 6.03 Å². The molecule has 0 aliphatic carbocycles. The Morgan fingerprint density at radius 2 is 2.30 bits per heavy atom. The maximum Gasteiger partial charge on any atom is 0.344 e. The number of anilines is 1. The number of aromatic nitrogens is 2. The minimum absolute atomic E-state index is 0.226. The molecule has 1 saturated heterocycles. The lowest BCUT2D eigenvalue weighted by atomic mass is 9.99. The molecule has 1 aliphatic heterocycles. The summed E-state index contributed by atoms with van der Waals surface area (Å²) in [6.07, 6.45) is 2.04. The van der Waals surface area contributed by atoms with Crippen LogP contribution in [-0.2, 0) is 21.4 Å². The monoisotopic (exact) mass is 325 g/mol. The largest absolute Gasteiger partial charge is 0.381 e. The molecule has 1 aliphatic rings. The van der Waals surface area contributed by atoms with Crippen molar-refractivity contribution in [1.82, 2.24) is 20.2 Å². The van der Waals surface area contributed by atoms with E-state index in [1.54, 1.807) is 25.8 Å². The molecule has 0 spiro atoms. The molecule has 0 aromatic carbocycles. The van der Waals surface area contributed by atoms with Crippen molar-refractivity contribution in [2.24, 2.45) is 7.05 Å². The third-order valence-electron chi connectivity index (χ3n) is 3.58. The summed E-state index contributed by atoms with van der Waals surface area (Å²) in [6, 6.07) is 1.26. The lowest BCUT2D eigenvalue weighted by Gasteiger charge is -2.19. The van der Waals surface area contributed by atoms with Gasteiger partial charge < -0.3 is 9.64 Å². The van der Waals surface area contributed by atoms with Gasteiger partial charge in [0, 0.05) is 39.7 Å². The first-order chi connectivity index (χ1) is 11.0. The second-order valence-electron chi connectivity index (χ2n) is 5.63. The van der Waals surface area contributed by atoms with Crippen LogP contribution in [0.2, 0.25) is 0 Å². The predicted octanol–water partition coefficient (Wildman–Crippen LogP) is 0.455. The Balaban J connectivity index is 1.83. The van der Waals surface area contributed by atoms with Crippen molar-refractivity contribution in [3.8, 4) is 0 Å². The van der Waals surface area contributed by atoms with Crippen molar-refractivity contribution < 1.29 is 19.2 Å².